The van der Waals surface area contributed by atoms with Crippen LogP contribution in [0.25, 0.3) is 5.57 Å². The molecule has 0 saturated carbocycles. The number of oxime groups is 1. The molecule has 1 N–H and O–H groups in total. The average Bonchev–Trinajstić information content (AvgIpc) is 2.72. The van der Waals surface area contributed by atoms with Gasteiger partial charge in [-0.15, -0.1) is 13.2 Å². The minimum absolute atomic E-state index is 0.164. The van der Waals surface area contributed by atoms with Crippen LogP contribution in [-0.4, -0.2) is 24.7 Å². The Morgan fingerprint density at radius 2 is 1.75 bits per heavy atom. The van der Waals surface area contributed by atoms with Gasteiger partial charge in [0.15, 0.2) is 5.43 Å². The normalized spacial score (nSPS) is 12.4. The van der Waals surface area contributed by atoms with Gasteiger partial charge < -0.3 is 19.3 Å². The van der Waals surface area contributed by atoms with E-state index in [1.54, 1.807) is 39.0 Å². The molecule has 32 heavy (non-hydrogen) atoms. The average molecular weight is 448 g/mol. The molecule has 0 atom stereocenters. The van der Waals surface area contributed by atoms with Crippen molar-refractivity contribution in [3.63, 3.8) is 0 Å². The molecule has 1 aromatic heterocycles. The molecule has 0 saturated heterocycles. The minimum Gasteiger partial charge on any atom is -0.458 e. The zero-order valence-electron chi connectivity index (χ0n) is 18.0. The molecule has 1 aromatic carbocycles. The molecule has 0 amide bonds. The van der Waals surface area contributed by atoms with Crippen molar-refractivity contribution in [2.24, 2.45) is 5.16 Å². The first kappa shape index (κ1) is 24.5. The summed E-state index contributed by atoms with van der Waals surface area (Å²) in [7, 11) is 1.40. The van der Waals surface area contributed by atoms with Crippen molar-refractivity contribution < 1.29 is 27.5 Å². The summed E-state index contributed by atoms with van der Waals surface area (Å²) in [5.74, 6) is 0.121. The lowest BCUT2D eigenvalue weighted by molar-refractivity contribution is -0.274. The molecule has 6 nitrogen and oxygen atoms in total. The number of aromatic nitrogens is 1. The van der Waals surface area contributed by atoms with Crippen LogP contribution in [0.15, 0.2) is 64.8 Å². The topological polar surface area (TPSA) is 72.9 Å². The van der Waals surface area contributed by atoms with Crippen LogP contribution >= 0.6 is 0 Å². The Balaban J connectivity index is 2.23. The Morgan fingerprint density at radius 1 is 1.12 bits per heavy atom. The van der Waals surface area contributed by atoms with Crippen LogP contribution in [0.4, 0.5) is 13.2 Å². The van der Waals surface area contributed by atoms with Crippen LogP contribution in [0.2, 0.25) is 0 Å². The Kier molecular flexibility index (Phi) is 8.06. The third-order valence-corrected chi connectivity index (χ3v) is 4.36. The van der Waals surface area contributed by atoms with Gasteiger partial charge in [-0.05, 0) is 56.7 Å². The maximum Gasteiger partial charge on any atom is 0.573 e. The number of benzene rings is 1. The summed E-state index contributed by atoms with van der Waals surface area (Å²) in [4.78, 5) is 20.8. The van der Waals surface area contributed by atoms with Gasteiger partial charge in [0, 0.05) is 11.3 Å². The Bertz CT molecular complexity index is 1110. The first-order valence-electron chi connectivity index (χ1n) is 9.43. The zero-order chi connectivity index (χ0) is 23.9. The number of rotatable bonds is 8. The first-order valence-corrected chi connectivity index (χ1v) is 9.43. The van der Waals surface area contributed by atoms with E-state index in [2.05, 4.69) is 21.5 Å². The first-order chi connectivity index (χ1) is 15.1. The summed E-state index contributed by atoms with van der Waals surface area (Å²) in [6.45, 7) is 9.06. The van der Waals surface area contributed by atoms with Gasteiger partial charge in [0.2, 0.25) is 0 Å². The van der Waals surface area contributed by atoms with Crippen LogP contribution in [0.5, 0.6) is 11.5 Å². The fraction of sp³-hybridized carbons (Fsp3) is 0.217. The molecular formula is C23H23F3N2O4. The van der Waals surface area contributed by atoms with Crippen molar-refractivity contribution in [2.45, 2.75) is 27.1 Å². The highest BCUT2D eigenvalue weighted by Crippen LogP contribution is 2.25. The van der Waals surface area contributed by atoms with E-state index in [1.165, 1.54) is 25.5 Å². The maximum atomic E-state index is 12.9. The molecule has 0 bridgehead atoms. The number of H-pyrrole nitrogens is 1. The van der Waals surface area contributed by atoms with Crippen molar-refractivity contribution in [3.05, 3.63) is 87.6 Å². The number of aryl methyl sites for hydroxylation is 1. The summed E-state index contributed by atoms with van der Waals surface area (Å²) in [6, 6.07) is 4.91. The summed E-state index contributed by atoms with van der Waals surface area (Å²) in [6.07, 6.45) is 1.58. The Hall–Kier alpha value is -3.75. The predicted octanol–water partition coefficient (Wildman–Crippen LogP) is 5.42. The highest BCUT2D eigenvalue weighted by atomic mass is 19.4. The lowest BCUT2D eigenvalue weighted by atomic mass is 9.99. The van der Waals surface area contributed by atoms with Crippen LogP contribution in [0.1, 0.15) is 29.4 Å². The standard InChI is InChI=1S/C23H23F3N2O4/c1-6-17(21-20(13-27-30-5)28-16(4)15(3)22(21)29)8-7-14(2)31-18-9-11-19(12-10-18)32-23(24,25)26/h6-13H,2H2,1,3-5H3,(H,28,29)/b8-7-,17-6+,27-13+. The molecule has 0 spiro atoms. The Morgan fingerprint density at radius 3 is 2.31 bits per heavy atom. The number of aromatic amines is 1. The van der Waals surface area contributed by atoms with E-state index in [9.17, 15) is 18.0 Å². The number of ether oxygens (including phenoxy) is 2. The second-order valence-corrected chi connectivity index (χ2v) is 6.57. The van der Waals surface area contributed by atoms with Gasteiger partial charge in [-0.3, -0.25) is 4.79 Å². The number of nitrogens with one attached hydrogen (secondary N) is 1. The maximum absolute atomic E-state index is 12.9. The van der Waals surface area contributed by atoms with E-state index < -0.39 is 6.36 Å². The monoisotopic (exact) mass is 448 g/mol. The lowest BCUT2D eigenvalue weighted by Gasteiger charge is -2.11. The lowest BCUT2D eigenvalue weighted by Crippen LogP contribution is -2.18. The van der Waals surface area contributed by atoms with Crippen LogP contribution in [0, 0.1) is 13.8 Å². The van der Waals surface area contributed by atoms with E-state index in [4.69, 9.17) is 9.57 Å². The molecule has 0 fully saturated rings. The second kappa shape index (κ2) is 10.5. The predicted molar refractivity (Wildman–Crippen MR) is 117 cm³/mol. The number of halogens is 3. The number of allylic oxidation sites excluding steroid dienone is 4. The molecule has 0 radical (unpaired) electrons. The SMILES string of the molecule is C=C(/C=C\C(=C/C)c1c(/C=N/OC)[nH]c(C)c(C)c1=O)Oc1ccc(OC(F)(F)F)cc1. The van der Waals surface area contributed by atoms with Crippen molar-refractivity contribution >= 4 is 11.8 Å². The van der Waals surface area contributed by atoms with Crippen LogP contribution in [-0.2, 0) is 4.84 Å². The van der Waals surface area contributed by atoms with E-state index in [0.717, 1.165) is 12.1 Å². The van der Waals surface area contributed by atoms with Crippen molar-refractivity contribution in [1.82, 2.24) is 4.98 Å². The minimum atomic E-state index is -4.77. The van der Waals surface area contributed by atoms with Crippen molar-refractivity contribution in [3.8, 4) is 11.5 Å². The smallest absolute Gasteiger partial charge is 0.458 e. The van der Waals surface area contributed by atoms with Crippen LogP contribution < -0.4 is 14.9 Å². The van der Waals surface area contributed by atoms with Crippen molar-refractivity contribution in [2.75, 3.05) is 7.11 Å². The van der Waals surface area contributed by atoms with Gasteiger partial charge >= 0.3 is 6.36 Å². The molecule has 1 heterocycles. The van der Waals surface area contributed by atoms with Gasteiger partial charge in [0.05, 0.1) is 17.5 Å². The molecule has 2 rings (SSSR count). The van der Waals surface area contributed by atoms with E-state index in [-0.39, 0.29) is 22.7 Å². The number of pyridine rings is 1. The third-order valence-electron chi connectivity index (χ3n) is 4.36. The fourth-order valence-electron chi connectivity index (χ4n) is 2.73. The van der Waals surface area contributed by atoms with Crippen LogP contribution in [0.3, 0.4) is 0 Å². The summed E-state index contributed by atoms with van der Waals surface area (Å²) in [5, 5.41) is 3.74. The number of nitrogens with zero attached hydrogens (tertiary/aromatic N) is 1. The van der Waals surface area contributed by atoms with Gasteiger partial charge in [0.25, 0.3) is 0 Å². The molecule has 2 aromatic rings. The summed E-state index contributed by atoms with van der Waals surface area (Å²) >= 11 is 0. The highest BCUT2D eigenvalue weighted by Gasteiger charge is 2.31. The van der Waals surface area contributed by atoms with Crippen molar-refractivity contribution in [1.29, 1.82) is 0 Å². The largest absolute Gasteiger partial charge is 0.573 e. The summed E-state index contributed by atoms with van der Waals surface area (Å²) < 4.78 is 46.1. The molecule has 9 heteroatoms. The molecule has 170 valence electrons. The second-order valence-electron chi connectivity index (χ2n) is 6.57. The molecule has 0 aliphatic carbocycles. The molecule has 0 unspecified atom stereocenters. The van der Waals surface area contributed by atoms with E-state index in [0.29, 0.717) is 28.1 Å². The number of alkyl halides is 3. The van der Waals surface area contributed by atoms with Gasteiger partial charge in [-0.1, -0.05) is 23.9 Å². The number of hydrogen-bond acceptors (Lipinski definition) is 5. The van der Waals surface area contributed by atoms with Gasteiger partial charge in [-0.2, -0.15) is 0 Å². The summed E-state index contributed by atoms with van der Waals surface area (Å²) in [5.41, 5.74) is 2.58. The van der Waals surface area contributed by atoms with Gasteiger partial charge in [0.1, 0.15) is 24.4 Å². The molecular weight excluding hydrogens is 425 g/mol. The molecule has 0 aliphatic heterocycles. The fourth-order valence-corrected chi connectivity index (χ4v) is 2.73. The van der Waals surface area contributed by atoms with Gasteiger partial charge in [-0.25, -0.2) is 0 Å². The van der Waals surface area contributed by atoms with E-state index >= 15 is 0 Å². The number of hydrogen-bond donors (Lipinski definition) is 1. The highest BCUT2D eigenvalue weighted by molar-refractivity contribution is 5.89. The third kappa shape index (κ3) is 6.63. The Labute approximate surface area is 183 Å². The molecule has 0 aliphatic rings. The zero-order valence-corrected chi connectivity index (χ0v) is 18.0. The quantitative estimate of drug-likeness (QED) is 0.253. The van der Waals surface area contributed by atoms with E-state index in [1.807, 2.05) is 0 Å².